The number of alkyl halides is 3. The number of aliphatic hydroxyl groups is 1. The molecule has 1 fully saturated rings. The van der Waals surface area contributed by atoms with Crippen molar-refractivity contribution in [3.05, 3.63) is 0 Å². The van der Waals surface area contributed by atoms with Gasteiger partial charge in [-0.3, -0.25) is 9.59 Å². The minimum Gasteiger partial charge on any atom is -0.391 e. The number of hydrogen-bond acceptors (Lipinski definition) is 3. The van der Waals surface area contributed by atoms with Gasteiger partial charge in [-0.2, -0.15) is 13.2 Å². The van der Waals surface area contributed by atoms with Gasteiger partial charge in [-0.25, -0.2) is 0 Å². The summed E-state index contributed by atoms with van der Waals surface area (Å²) in [4.78, 5) is 23.1. The summed E-state index contributed by atoms with van der Waals surface area (Å²) in [6, 6.07) is 0. The molecule has 1 saturated heterocycles. The van der Waals surface area contributed by atoms with E-state index in [1.54, 1.807) is 5.32 Å². The van der Waals surface area contributed by atoms with Crippen LogP contribution in [-0.4, -0.2) is 53.7 Å². The monoisotopic (exact) mass is 240 g/mol. The number of amides is 2. The number of rotatable bonds is 3. The summed E-state index contributed by atoms with van der Waals surface area (Å²) in [7, 11) is 0. The summed E-state index contributed by atoms with van der Waals surface area (Å²) in [6.07, 6.45) is -5.40. The normalized spacial score (nSPS) is 21.4. The van der Waals surface area contributed by atoms with Crippen LogP contribution in [0.2, 0.25) is 0 Å². The zero-order valence-electron chi connectivity index (χ0n) is 8.25. The average molecular weight is 240 g/mol. The fourth-order valence-corrected chi connectivity index (χ4v) is 1.33. The Morgan fingerprint density at radius 3 is 2.62 bits per heavy atom. The number of carbonyl (C=O) groups is 2. The molecule has 0 bridgehead atoms. The summed E-state index contributed by atoms with van der Waals surface area (Å²) in [5.74, 6) is -1.32. The van der Waals surface area contributed by atoms with E-state index in [9.17, 15) is 22.8 Å². The lowest BCUT2D eigenvalue weighted by atomic mass is 10.3. The van der Waals surface area contributed by atoms with Crippen LogP contribution in [0.4, 0.5) is 13.2 Å². The van der Waals surface area contributed by atoms with Gasteiger partial charge in [0.25, 0.3) is 0 Å². The molecular weight excluding hydrogens is 229 g/mol. The fourth-order valence-electron chi connectivity index (χ4n) is 1.33. The lowest BCUT2D eigenvalue weighted by Crippen LogP contribution is -2.41. The first kappa shape index (κ1) is 12.8. The first-order valence-electron chi connectivity index (χ1n) is 4.57. The highest BCUT2D eigenvalue weighted by Gasteiger charge is 2.31. The van der Waals surface area contributed by atoms with Gasteiger partial charge in [0.2, 0.25) is 11.8 Å². The Bertz CT molecular complexity index is 293. The van der Waals surface area contributed by atoms with Crippen molar-refractivity contribution in [3.63, 3.8) is 0 Å². The molecule has 8 heteroatoms. The fraction of sp³-hybridized carbons (Fsp3) is 0.750. The van der Waals surface area contributed by atoms with Gasteiger partial charge in [0, 0.05) is 6.54 Å². The quantitative estimate of drug-likeness (QED) is 0.682. The van der Waals surface area contributed by atoms with Crippen LogP contribution in [0.25, 0.3) is 0 Å². The first-order valence-corrected chi connectivity index (χ1v) is 4.57. The summed E-state index contributed by atoms with van der Waals surface area (Å²) in [6.45, 7) is -1.89. The van der Waals surface area contributed by atoms with Gasteiger partial charge >= 0.3 is 6.18 Å². The number of nitrogens with one attached hydrogen (secondary N) is 1. The molecule has 0 aromatic carbocycles. The Hall–Kier alpha value is -1.31. The van der Waals surface area contributed by atoms with Crippen LogP contribution in [0.1, 0.15) is 6.42 Å². The maximum Gasteiger partial charge on any atom is 0.405 e. The Morgan fingerprint density at radius 1 is 1.56 bits per heavy atom. The summed E-state index contributed by atoms with van der Waals surface area (Å²) in [5, 5.41) is 10.7. The molecule has 16 heavy (non-hydrogen) atoms. The van der Waals surface area contributed by atoms with Crippen LogP contribution in [0, 0.1) is 0 Å². The number of halogens is 3. The number of nitrogens with zero attached hydrogens (tertiary/aromatic N) is 1. The number of hydrogen-bond donors (Lipinski definition) is 2. The summed E-state index contributed by atoms with van der Waals surface area (Å²) in [5.41, 5.74) is 0. The molecule has 0 aromatic rings. The zero-order chi connectivity index (χ0) is 12.3. The van der Waals surface area contributed by atoms with E-state index in [0.29, 0.717) is 0 Å². The minimum absolute atomic E-state index is 0.0156. The molecule has 92 valence electrons. The molecule has 1 unspecified atom stereocenters. The van der Waals surface area contributed by atoms with Crippen molar-refractivity contribution in [2.45, 2.75) is 18.7 Å². The lowest BCUT2D eigenvalue weighted by molar-refractivity contribution is -0.141. The van der Waals surface area contributed by atoms with E-state index in [2.05, 4.69) is 0 Å². The predicted molar refractivity (Wildman–Crippen MR) is 46.3 cm³/mol. The van der Waals surface area contributed by atoms with Crippen LogP contribution in [0.15, 0.2) is 0 Å². The molecule has 1 heterocycles. The third-order valence-corrected chi connectivity index (χ3v) is 2.01. The number of carbonyl (C=O) groups excluding carboxylic acids is 2. The van der Waals surface area contributed by atoms with Crippen LogP contribution in [-0.2, 0) is 9.59 Å². The van der Waals surface area contributed by atoms with Crippen molar-refractivity contribution >= 4 is 11.8 Å². The average Bonchev–Trinajstić information content (AvgIpc) is 2.41. The highest BCUT2D eigenvalue weighted by Crippen LogP contribution is 2.13. The number of likely N-dealkylation sites (tertiary alicyclic amines) is 1. The van der Waals surface area contributed by atoms with Crippen molar-refractivity contribution in [1.29, 1.82) is 0 Å². The van der Waals surface area contributed by atoms with E-state index in [1.807, 2.05) is 0 Å². The largest absolute Gasteiger partial charge is 0.405 e. The highest BCUT2D eigenvalue weighted by molar-refractivity contribution is 5.86. The van der Waals surface area contributed by atoms with Crippen LogP contribution < -0.4 is 5.32 Å². The number of β-amino-alcohol motifs (C(OH)–C–C–N with tert-alkyl or cyclic N) is 1. The Morgan fingerprint density at radius 2 is 2.19 bits per heavy atom. The second kappa shape index (κ2) is 4.69. The molecule has 1 rings (SSSR count). The van der Waals surface area contributed by atoms with Gasteiger partial charge in [-0.15, -0.1) is 0 Å². The topological polar surface area (TPSA) is 69.6 Å². The van der Waals surface area contributed by atoms with E-state index in [1.165, 1.54) is 0 Å². The molecule has 2 N–H and O–H groups in total. The predicted octanol–water partition coefficient (Wildman–Crippen LogP) is -0.742. The van der Waals surface area contributed by atoms with Crippen LogP contribution >= 0.6 is 0 Å². The van der Waals surface area contributed by atoms with Crippen molar-refractivity contribution in [2.75, 3.05) is 19.6 Å². The highest BCUT2D eigenvalue weighted by atomic mass is 19.4. The van der Waals surface area contributed by atoms with Gasteiger partial charge in [0.05, 0.1) is 19.1 Å². The van der Waals surface area contributed by atoms with Crippen molar-refractivity contribution in [1.82, 2.24) is 10.2 Å². The van der Waals surface area contributed by atoms with Gasteiger partial charge in [0.1, 0.15) is 6.54 Å². The summed E-state index contributed by atoms with van der Waals surface area (Å²) >= 11 is 0. The molecule has 0 aliphatic carbocycles. The van der Waals surface area contributed by atoms with E-state index < -0.39 is 37.2 Å². The Balaban J connectivity index is 2.32. The molecular formula is C8H11F3N2O3. The second-order valence-electron chi connectivity index (χ2n) is 3.52. The standard InChI is InChI=1S/C8H11F3N2O3/c9-8(10,11)4-12-6(15)3-13-2-5(14)1-7(13)16/h5,14H,1-4H2,(H,12,15). The molecule has 1 aliphatic rings. The summed E-state index contributed by atoms with van der Waals surface area (Å²) < 4.78 is 35.2. The van der Waals surface area contributed by atoms with Gasteiger partial charge in [0.15, 0.2) is 0 Å². The first-order chi connectivity index (χ1) is 7.28. The van der Waals surface area contributed by atoms with E-state index in [0.717, 1.165) is 4.90 Å². The zero-order valence-corrected chi connectivity index (χ0v) is 8.25. The minimum atomic E-state index is -4.47. The van der Waals surface area contributed by atoms with Crippen molar-refractivity contribution in [2.24, 2.45) is 0 Å². The smallest absolute Gasteiger partial charge is 0.391 e. The van der Waals surface area contributed by atoms with Gasteiger partial charge < -0.3 is 15.3 Å². The van der Waals surface area contributed by atoms with Crippen LogP contribution in [0.3, 0.4) is 0 Å². The molecule has 0 radical (unpaired) electrons. The second-order valence-corrected chi connectivity index (χ2v) is 3.52. The molecule has 0 saturated carbocycles. The Kier molecular flexibility index (Phi) is 3.74. The molecule has 0 spiro atoms. The van der Waals surface area contributed by atoms with Crippen molar-refractivity contribution in [3.8, 4) is 0 Å². The molecule has 2 amide bonds. The molecule has 5 nitrogen and oxygen atoms in total. The third kappa shape index (κ3) is 4.05. The maximum absolute atomic E-state index is 11.7. The van der Waals surface area contributed by atoms with E-state index in [-0.39, 0.29) is 13.0 Å². The maximum atomic E-state index is 11.7. The Labute approximate surface area is 89.2 Å². The number of aliphatic hydroxyl groups excluding tert-OH is 1. The van der Waals surface area contributed by atoms with Gasteiger partial charge in [-0.05, 0) is 0 Å². The molecule has 1 aliphatic heterocycles. The van der Waals surface area contributed by atoms with E-state index in [4.69, 9.17) is 5.11 Å². The molecule has 1 atom stereocenters. The SMILES string of the molecule is O=C(CN1CC(O)CC1=O)NCC(F)(F)F. The molecule has 0 aromatic heterocycles. The third-order valence-electron chi connectivity index (χ3n) is 2.01. The van der Waals surface area contributed by atoms with Crippen LogP contribution in [0.5, 0.6) is 0 Å². The lowest BCUT2D eigenvalue weighted by Gasteiger charge is -2.15. The van der Waals surface area contributed by atoms with Gasteiger partial charge in [-0.1, -0.05) is 0 Å². The van der Waals surface area contributed by atoms with E-state index >= 15 is 0 Å². The van der Waals surface area contributed by atoms with Crippen molar-refractivity contribution < 1.29 is 27.9 Å².